The van der Waals surface area contributed by atoms with Crippen molar-refractivity contribution in [1.82, 2.24) is 0 Å². The normalized spacial score (nSPS) is 16.6. The first-order chi connectivity index (χ1) is 14.5. The molecule has 0 unspecified atom stereocenters. The molecule has 160 valence electrons. The summed E-state index contributed by atoms with van der Waals surface area (Å²) in [5.74, 6) is 0.326. The standard InChI is InChI=1S/C19H21N3O7S/c23-22(24)16-12-17-18(29-9-3-8-28-17)13-19(16)30(25,26)20-14-4-1-2-5-15(14)21-6-10-27-11-7-21/h1-2,4-5,12-13,20H,3,6-11H2. The van der Waals surface area contributed by atoms with Crippen LogP contribution in [-0.2, 0) is 14.8 Å². The highest BCUT2D eigenvalue weighted by atomic mass is 32.2. The number of benzene rings is 2. The molecule has 10 nitrogen and oxygen atoms in total. The lowest BCUT2D eigenvalue weighted by Crippen LogP contribution is -2.36. The van der Waals surface area contributed by atoms with Crippen LogP contribution in [0.4, 0.5) is 17.1 Å². The Balaban J connectivity index is 1.73. The Bertz CT molecular complexity index is 1050. The Hall–Kier alpha value is -3.05. The van der Waals surface area contributed by atoms with Crippen LogP contribution in [-0.4, -0.2) is 52.9 Å². The van der Waals surface area contributed by atoms with Crippen molar-refractivity contribution in [2.24, 2.45) is 0 Å². The molecule has 0 spiro atoms. The zero-order chi connectivity index (χ0) is 21.1. The molecule has 0 saturated carbocycles. The van der Waals surface area contributed by atoms with Crippen LogP contribution in [0.5, 0.6) is 11.5 Å². The van der Waals surface area contributed by atoms with Gasteiger partial charge in [-0.3, -0.25) is 14.8 Å². The fourth-order valence-corrected chi connectivity index (χ4v) is 4.62. The van der Waals surface area contributed by atoms with Gasteiger partial charge in [-0.05, 0) is 12.1 Å². The molecule has 2 aromatic carbocycles. The highest BCUT2D eigenvalue weighted by Gasteiger charge is 2.31. The summed E-state index contributed by atoms with van der Waals surface area (Å²) in [7, 11) is -4.28. The number of hydrogen-bond donors (Lipinski definition) is 1. The van der Waals surface area contributed by atoms with Crippen LogP contribution in [0, 0.1) is 10.1 Å². The lowest BCUT2D eigenvalue weighted by atomic mass is 10.2. The molecule has 1 fully saturated rings. The van der Waals surface area contributed by atoms with Gasteiger partial charge in [-0.25, -0.2) is 8.42 Å². The van der Waals surface area contributed by atoms with E-state index in [0.717, 1.165) is 12.1 Å². The Labute approximate surface area is 173 Å². The smallest absolute Gasteiger partial charge is 0.293 e. The van der Waals surface area contributed by atoms with Crippen LogP contribution in [0.3, 0.4) is 0 Å². The quantitative estimate of drug-likeness (QED) is 0.561. The molecule has 0 amide bonds. The molecule has 2 heterocycles. The highest BCUT2D eigenvalue weighted by molar-refractivity contribution is 7.92. The van der Waals surface area contributed by atoms with Gasteiger partial charge in [0, 0.05) is 25.6 Å². The second-order valence-electron chi connectivity index (χ2n) is 6.80. The van der Waals surface area contributed by atoms with E-state index in [1.54, 1.807) is 24.3 Å². The fourth-order valence-electron chi connectivity index (χ4n) is 3.38. The number of nitrogens with zero attached hydrogens (tertiary/aromatic N) is 2. The number of para-hydroxylation sites is 2. The second kappa shape index (κ2) is 8.36. The Morgan fingerprint density at radius 3 is 2.37 bits per heavy atom. The van der Waals surface area contributed by atoms with Crippen LogP contribution in [0.1, 0.15) is 6.42 Å². The zero-order valence-electron chi connectivity index (χ0n) is 16.1. The minimum absolute atomic E-state index is 0.159. The van der Waals surface area contributed by atoms with E-state index >= 15 is 0 Å². The summed E-state index contributed by atoms with van der Waals surface area (Å²) in [6.07, 6.45) is 0.593. The van der Waals surface area contributed by atoms with Crippen molar-refractivity contribution in [2.45, 2.75) is 11.3 Å². The third-order valence-corrected chi connectivity index (χ3v) is 6.21. The van der Waals surface area contributed by atoms with Gasteiger partial charge in [0.25, 0.3) is 15.7 Å². The van der Waals surface area contributed by atoms with Crippen molar-refractivity contribution < 1.29 is 27.6 Å². The van der Waals surface area contributed by atoms with E-state index in [-0.39, 0.29) is 11.5 Å². The predicted octanol–water partition coefficient (Wildman–Crippen LogP) is 2.39. The first-order valence-corrected chi connectivity index (χ1v) is 11.0. The van der Waals surface area contributed by atoms with E-state index in [1.165, 1.54) is 0 Å². The van der Waals surface area contributed by atoms with E-state index in [2.05, 4.69) is 4.72 Å². The van der Waals surface area contributed by atoms with E-state index in [1.807, 2.05) is 4.90 Å². The summed E-state index contributed by atoms with van der Waals surface area (Å²) in [5, 5.41) is 11.6. The van der Waals surface area contributed by atoms with Crippen LogP contribution in [0.2, 0.25) is 0 Å². The first-order valence-electron chi connectivity index (χ1n) is 9.48. The van der Waals surface area contributed by atoms with Gasteiger partial charge in [0.05, 0.1) is 48.8 Å². The number of nitrogens with one attached hydrogen (secondary N) is 1. The summed E-state index contributed by atoms with van der Waals surface area (Å²) in [5.41, 5.74) is 0.442. The van der Waals surface area contributed by atoms with Gasteiger partial charge in [-0.1, -0.05) is 12.1 Å². The maximum absolute atomic E-state index is 13.2. The molecule has 0 aliphatic carbocycles. The van der Waals surface area contributed by atoms with Crippen LogP contribution in [0.25, 0.3) is 0 Å². The average molecular weight is 435 g/mol. The molecular formula is C19H21N3O7S. The lowest BCUT2D eigenvalue weighted by molar-refractivity contribution is -0.387. The van der Waals surface area contributed by atoms with Crippen LogP contribution in [0.15, 0.2) is 41.3 Å². The van der Waals surface area contributed by atoms with Crippen LogP contribution >= 0.6 is 0 Å². The summed E-state index contributed by atoms with van der Waals surface area (Å²) in [6.45, 7) is 2.97. The molecule has 1 N–H and O–H groups in total. The molecule has 0 aromatic heterocycles. The second-order valence-corrected chi connectivity index (χ2v) is 8.45. The lowest BCUT2D eigenvalue weighted by Gasteiger charge is -2.30. The molecule has 30 heavy (non-hydrogen) atoms. The van der Waals surface area contributed by atoms with Gasteiger partial charge in [0.15, 0.2) is 16.4 Å². The molecule has 4 rings (SSSR count). The molecule has 2 aliphatic heterocycles. The predicted molar refractivity (Wildman–Crippen MR) is 109 cm³/mol. The molecule has 1 saturated heterocycles. The zero-order valence-corrected chi connectivity index (χ0v) is 16.9. The van der Waals surface area contributed by atoms with Crippen molar-refractivity contribution in [3.8, 4) is 11.5 Å². The summed E-state index contributed by atoms with van der Waals surface area (Å²) in [4.78, 5) is 12.4. The van der Waals surface area contributed by atoms with Crippen molar-refractivity contribution in [1.29, 1.82) is 0 Å². The van der Waals surface area contributed by atoms with Gasteiger partial charge in [0.2, 0.25) is 0 Å². The number of ether oxygens (including phenoxy) is 3. The Kier molecular flexibility index (Phi) is 5.64. The molecule has 0 bridgehead atoms. The largest absolute Gasteiger partial charge is 0.490 e. The SMILES string of the molecule is O=[N+]([O-])c1cc2c(cc1S(=O)(=O)Nc1ccccc1N1CCOCC1)OCCCO2. The number of rotatable bonds is 5. The van der Waals surface area contributed by atoms with E-state index in [0.29, 0.717) is 57.3 Å². The summed E-state index contributed by atoms with van der Waals surface area (Å²) in [6, 6.07) is 9.17. The Morgan fingerprint density at radius 2 is 1.67 bits per heavy atom. The minimum Gasteiger partial charge on any atom is -0.490 e. The average Bonchev–Trinajstić information content (AvgIpc) is 2.98. The third-order valence-electron chi connectivity index (χ3n) is 4.82. The van der Waals surface area contributed by atoms with Gasteiger partial charge in [-0.2, -0.15) is 0 Å². The third kappa shape index (κ3) is 4.12. The number of hydrogen-bond acceptors (Lipinski definition) is 8. The number of anilines is 2. The van der Waals surface area contributed by atoms with Crippen molar-refractivity contribution >= 4 is 27.1 Å². The molecule has 0 atom stereocenters. The van der Waals surface area contributed by atoms with Gasteiger partial charge >= 0.3 is 0 Å². The summed E-state index contributed by atoms with van der Waals surface area (Å²) >= 11 is 0. The number of morpholine rings is 1. The van der Waals surface area contributed by atoms with E-state index in [9.17, 15) is 18.5 Å². The number of nitro groups is 1. The topological polar surface area (TPSA) is 120 Å². The molecule has 2 aliphatic rings. The molecule has 0 radical (unpaired) electrons. The maximum Gasteiger partial charge on any atom is 0.293 e. The van der Waals surface area contributed by atoms with Crippen LogP contribution < -0.4 is 19.1 Å². The molecule has 11 heteroatoms. The van der Waals surface area contributed by atoms with Gasteiger partial charge in [-0.15, -0.1) is 0 Å². The molecule has 2 aromatic rings. The molecular weight excluding hydrogens is 414 g/mol. The van der Waals surface area contributed by atoms with E-state index in [4.69, 9.17) is 14.2 Å². The van der Waals surface area contributed by atoms with Gasteiger partial charge < -0.3 is 19.1 Å². The number of fused-ring (bicyclic) bond motifs is 1. The minimum atomic E-state index is -4.28. The highest BCUT2D eigenvalue weighted by Crippen LogP contribution is 2.39. The monoisotopic (exact) mass is 435 g/mol. The maximum atomic E-state index is 13.2. The number of nitro benzene ring substituents is 1. The summed E-state index contributed by atoms with van der Waals surface area (Å²) < 4.78 is 45.2. The van der Waals surface area contributed by atoms with Gasteiger partial charge in [0.1, 0.15) is 0 Å². The van der Waals surface area contributed by atoms with E-state index < -0.39 is 25.5 Å². The Morgan fingerprint density at radius 1 is 1.00 bits per heavy atom. The van der Waals surface area contributed by atoms with Crippen molar-refractivity contribution in [3.05, 3.63) is 46.5 Å². The van der Waals surface area contributed by atoms with Crippen molar-refractivity contribution in [2.75, 3.05) is 49.1 Å². The number of sulfonamides is 1. The first kappa shape index (κ1) is 20.2. The van der Waals surface area contributed by atoms with Crippen molar-refractivity contribution in [3.63, 3.8) is 0 Å². The fraction of sp³-hybridized carbons (Fsp3) is 0.368.